The Morgan fingerprint density at radius 3 is 2.73 bits per heavy atom. The molecule has 0 aliphatic carbocycles. The summed E-state index contributed by atoms with van der Waals surface area (Å²) in [5, 5.41) is 2.67. The van der Waals surface area contributed by atoms with Crippen LogP contribution in [-0.2, 0) is 24.9 Å². The van der Waals surface area contributed by atoms with Gasteiger partial charge in [0, 0.05) is 44.9 Å². The van der Waals surface area contributed by atoms with Crippen LogP contribution in [-0.4, -0.2) is 28.1 Å². The Hall–Kier alpha value is -2.97. The topological polar surface area (TPSA) is 76.3 Å². The molecule has 1 aromatic heterocycles. The van der Waals surface area contributed by atoms with Gasteiger partial charge >= 0.3 is 5.69 Å². The molecule has 30 heavy (non-hydrogen) atoms. The average molecular weight is 420 g/mol. The van der Waals surface area contributed by atoms with Crippen molar-refractivity contribution in [1.82, 2.24) is 14.5 Å². The maximum absolute atomic E-state index is 13.8. The van der Waals surface area contributed by atoms with Crippen molar-refractivity contribution in [3.8, 4) is 0 Å². The van der Waals surface area contributed by atoms with Crippen LogP contribution >= 0.6 is 0 Å². The third-order valence-electron chi connectivity index (χ3n) is 5.40. The first-order valence-electron chi connectivity index (χ1n) is 10.1. The molecule has 1 unspecified atom stereocenters. The lowest BCUT2D eigenvalue weighted by Gasteiger charge is -2.35. The van der Waals surface area contributed by atoms with E-state index in [-0.39, 0.29) is 29.6 Å². The van der Waals surface area contributed by atoms with Gasteiger partial charge in [-0.25, -0.2) is 13.6 Å². The van der Waals surface area contributed by atoms with Crippen molar-refractivity contribution in [2.75, 3.05) is 18.0 Å². The van der Waals surface area contributed by atoms with E-state index in [1.165, 1.54) is 13.1 Å². The highest BCUT2D eigenvalue weighted by molar-refractivity contribution is 5.79. The molecule has 1 aliphatic heterocycles. The van der Waals surface area contributed by atoms with Crippen molar-refractivity contribution in [3.63, 3.8) is 0 Å². The molecule has 2 aromatic rings. The van der Waals surface area contributed by atoms with Gasteiger partial charge in [0.2, 0.25) is 5.91 Å². The van der Waals surface area contributed by atoms with E-state index in [0.717, 1.165) is 29.2 Å². The first-order chi connectivity index (χ1) is 14.3. The number of amides is 1. The molecule has 7 nitrogen and oxygen atoms in total. The second kappa shape index (κ2) is 9.23. The van der Waals surface area contributed by atoms with E-state index in [1.54, 1.807) is 4.57 Å². The molecule has 0 radical (unpaired) electrons. The van der Waals surface area contributed by atoms with Gasteiger partial charge in [-0.1, -0.05) is 6.92 Å². The minimum Gasteiger partial charge on any atom is -0.357 e. The highest BCUT2D eigenvalue weighted by atomic mass is 19.1. The van der Waals surface area contributed by atoms with E-state index in [0.29, 0.717) is 38.3 Å². The lowest BCUT2D eigenvalue weighted by Crippen LogP contribution is -2.47. The number of nitrogens with zero attached hydrogens (tertiary/aromatic N) is 3. The lowest BCUT2D eigenvalue weighted by molar-refractivity contribution is -0.125. The van der Waals surface area contributed by atoms with Gasteiger partial charge in [-0.2, -0.15) is 0 Å². The van der Waals surface area contributed by atoms with E-state index in [1.807, 2.05) is 11.8 Å². The number of aromatic nitrogens is 2. The third kappa shape index (κ3) is 4.60. The minimum atomic E-state index is -0.578. The number of carbonyl (C=O) groups excluding carboxylic acids is 1. The van der Waals surface area contributed by atoms with Gasteiger partial charge in [0.25, 0.3) is 5.56 Å². The molecule has 162 valence electrons. The number of nitrogens with one attached hydrogen (secondary N) is 1. The number of rotatable bonds is 6. The Kier molecular flexibility index (Phi) is 6.69. The number of benzene rings is 1. The van der Waals surface area contributed by atoms with Gasteiger partial charge in [-0.3, -0.25) is 18.7 Å². The molecule has 2 heterocycles. The zero-order chi connectivity index (χ0) is 21.8. The number of carbonyl (C=O) groups is 1. The molecule has 1 N–H and O–H groups in total. The zero-order valence-corrected chi connectivity index (χ0v) is 17.2. The molecule has 0 spiro atoms. The van der Waals surface area contributed by atoms with Crippen LogP contribution in [0.25, 0.3) is 0 Å². The average Bonchev–Trinajstić information content (AvgIpc) is 2.74. The largest absolute Gasteiger partial charge is 0.357 e. The molecule has 1 fully saturated rings. The summed E-state index contributed by atoms with van der Waals surface area (Å²) in [4.78, 5) is 39.2. The molecule has 3 rings (SSSR count). The van der Waals surface area contributed by atoms with Crippen LogP contribution in [0.15, 0.2) is 33.9 Å². The number of hydrogen-bond donors (Lipinski definition) is 1. The Labute approximate surface area is 172 Å². The van der Waals surface area contributed by atoms with Crippen LogP contribution in [0.2, 0.25) is 0 Å². The molecule has 1 saturated heterocycles. The molecule has 0 bridgehead atoms. The zero-order valence-electron chi connectivity index (χ0n) is 17.2. The molecule has 9 heteroatoms. The quantitative estimate of drug-likeness (QED) is 0.773. The predicted molar refractivity (Wildman–Crippen MR) is 109 cm³/mol. The summed E-state index contributed by atoms with van der Waals surface area (Å²) in [6.45, 7) is 3.27. The standard InChI is InChI=1S/C21H26F2N4O3/c1-3-8-27-18(11-19(28)25(2)21(27)30)26-9-4-5-14(13-26)20(29)24-12-15-10-16(22)6-7-17(15)23/h6-7,10-11,14H,3-5,8-9,12-13H2,1-2H3,(H,24,29). The summed E-state index contributed by atoms with van der Waals surface area (Å²) in [5.74, 6) is -1.28. The first kappa shape index (κ1) is 21.7. The smallest absolute Gasteiger partial charge is 0.332 e. The number of halogens is 2. The highest BCUT2D eigenvalue weighted by Crippen LogP contribution is 2.22. The number of anilines is 1. The molecule has 1 amide bonds. The second-order valence-corrected chi connectivity index (χ2v) is 7.57. The van der Waals surface area contributed by atoms with Crippen molar-refractivity contribution in [2.24, 2.45) is 13.0 Å². The summed E-state index contributed by atoms with van der Waals surface area (Å²) in [7, 11) is 1.44. The van der Waals surface area contributed by atoms with Crippen molar-refractivity contribution >= 4 is 11.7 Å². The second-order valence-electron chi connectivity index (χ2n) is 7.57. The van der Waals surface area contributed by atoms with Crippen LogP contribution in [0.5, 0.6) is 0 Å². The van der Waals surface area contributed by atoms with Gasteiger partial charge in [-0.05, 0) is 37.5 Å². The van der Waals surface area contributed by atoms with E-state index < -0.39 is 17.2 Å². The van der Waals surface area contributed by atoms with E-state index in [9.17, 15) is 23.2 Å². The van der Waals surface area contributed by atoms with Crippen molar-refractivity contribution in [2.45, 2.75) is 39.3 Å². The third-order valence-corrected chi connectivity index (χ3v) is 5.40. The SMILES string of the molecule is CCCn1c(N2CCCC(C(=O)NCc3cc(F)ccc3F)C2)cc(=O)n(C)c1=O. The molecular weight excluding hydrogens is 394 g/mol. The van der Waals surface area contributed by atoms with Crippen LogP contribution < -0.4 is 21.5 Å². The Morgan fingerprint density at radius 2 is 2.00 bits per heavy atom. The van der Waals surface area contributed by atoms with Crippen molar-refractivity contribution < 1.29 is 13.6 Å². The lowest BCUT2D eigenvalue weighted by atomic mass is 9.97. The van der Waals surface area contributed by atoms with Crippen LogP contribution in [0.3, 0.4) is 0 Å². The first-order valence-corrected chi connectivity index (χ1v) is 10.1. The fourth-order valence-electron chi connectivity index (χ4n) is 3.76. The van der Waals surface area contributed by atoms with Crippen molar-refractivity contribution in [3.05, 3.63) is 62.3 Å². The van der Waals surface area contributed by atoms with E-state index >= 15 is 0 Å². The van der Waals surface area contributed by atoms with Gasteiger partial charge < -0.3 is 10.2 Å². The van der Waals surface area contributed by atoms with Crippen LogP contribution in [0.1, 0.15) is 31.7 Å². The van der Waals surface area contributed by atoms with E-state index in [2.05, 4.69) is 5.32 Å². The molecule has 0 saturated carbocycles. The normalized spacial score (nSPS) is 16.5. The summed E-state index contributed by atoms with van der Waals surface area (Å²) < 4.78 is 29.7. The van der Waals surface area contributed by atoms with E-state index in [4.69, 9.17) is 0 Å². The predicted octanol–water partition coefficient (Wildman–Crippen LogP) is 1.77. The summed E-state index contributed by atoms with van der Waals surface area (Å²) in [5.41, 5.74) is -0.692. The monoisotopic (exact) mass is 420 g/mol. The summed E-state index contributed by atoms with van der Waals surface area (Å²) in [6, 6.07) is 4.55. The van der Waals surface area contributed by atoms with Gasteiger partial charge in [0.1, 0.15) is 17.5 Å². The Morgan fingerprint density at radius 1 is 1.23 bits per heavy atom. The number of hydrogen-bond acceptors (Lipinski definition) is 4. The summed E-state index contributed by atoms with van der Waals surface area (Å²) in [6.07, 6.45) is 2.07. The van der Waals surface area contributed by atoms with Crippen LogP contribution in [0, 0.1) is 17.6 Å². The fourth-order valence-corrected chi connectivity index (χ4v) is 3.76. The minimum absolute atomic E-state index is 0.0827. The van der Waals surface area contributed by atoms with Gasteiger partial charge in [0.05, 0.1) is 5.92 Å². The maximum Gasteiger partial charge on any atom is 0.332 e. The van der Waals surface area contributed by atoms with Gasteiger partial charge in [-0.15, -0.1) is 0 Å². The molecule has 1 atom stereocenters. The fraction of sp³-hybridized carbons (Fsp3) is 0.476. The Balaban J connectivity index is 1.75. The highest BCUT2D eigenvalue weighted by Gasteiger charge is 2.28. The maximum atomic E-state index is 13.8. The van der Waals surface area contributed by atoms with Gasteiger partial charge in [0.15, 0.2) is 0 Å². The summed E-state index contributed by atoms with van der Waals surface area (Å²) >= 11 is 0. The molecule has 1 aromatic carbocycles. The molecule has 1 aliphatic rings. The Bertz CT molecular complexity index is 1050. The number of piperidine rings is 1. The molecular formula is C21H26F2N4O3. The van der Waals surface area contributed by atoms with Crippen LogP contribution in [0.4, 0.5) is 14.6 Å². The van der Waals surface area contributed by atoms with Crippen molar-refractivity contribution in [1.29, 1.82) is 0 Å².